The Morgan fingerprint density at radius 3 is 2.67 bits per heavy atom. The van der Waals surface area contributed by atoms with Crippen LogP contribution in [0.1, 0.15) is 33.6 Å². The third kappa shape index (κ3) is 2.09. The Hall–Kier alpha value is -0.770. The van der Waals surface area contributed by atoms with E-state index in [9.17, 15) is 4.79 Å². The lowest BCUT2D eigenvalue weighted by Crippen LogP contribution is -2.45. The molecule has 0 aromatic rings. The van der Waals surface area contributed by atoms with Crippen molar-refractivity contribution >= 4 is 6.09 Å². The summed E-state index contributed by atoms with van der Waals surface area (Å²) in [5, 5.41) is 0. The number of carbonyl (C=O) groups excluding carboxylic acids is 1. The molecule has 4 heteroatoms. The number of amides is 1. The molecular weight excluding hydrogens is 192 g/mol. The Kier molecular flexibility index (Phi) is 2.41. The second-order valence-corrected chi connectivity index (χ2v) is 5.58. The first-order valence-electron chi connectivity index (χ1n) is 5.64. The van der Waals surface area contributed by atoms with Gasteiger partial charge in [0.2, 0.25) is 0 Å². The third-order valence-corrected chi connectivity index (χ3v) is 3.09. The standard InChI is InChI=1S/C11H20N2O2/c1-11(2,3)15-10(14)13-8(6-12)4-7-5-9(7)13/h7-9H,4-6,12H2,1-3H3/t7-,8-,9-/m1/s1. The molecule has 1 heterocycles. The minimum atomic E-state index is -0.413. The van der Waals surface area contributed by atoms with Gasteiger partial charge in [0.15, 0.2) is 0 Å². The molecule has 1 aliphatic carbocycles. The maximum Gasteiger partial charge on any atom is 0.410 e. The van der Waals surface area contributed by atoms with Crippen LogP contribution in [0.3, 0.4) is 0 Å². The van der Waals surface area contributed by atoms with E-state index in [0.717, 1.165) is 12.8 Å². The molecular formula is C11H20N2O2. The average molecular weight is 212 g/mol. The number of piperidine rings is 1. The van der Waals surface area contributed by atoms with Crippen LogP contribution in [-0.2, 0) is 4.74 Å². The van der Waals surface area contributed by atoms with Gasteiger partial charge >= 0.3 is 6.09 Å². The molecule has 4 nitrogen and oxygen atoms in total. The highest BCUT2D eigenvalue weighted by Gasteiger charge is 2.54. The van der Waals surface area contributed by atoms with Gasteiger partial charge in [0.1, 0.15) is 5.60 Å². The summed E-state index contributed by atoms with van der Waals surface area (Å²) in [6.45, 7) is 6.22. The second kappa shape index (κ2) is 3.37. The van der Waals surface area contributed by atoms with Gasteiger partial charge < -0.3 is 15.4 Å². The van der Waals surface area contributed by atoms with Crippen molar-refractivity contribution < 1.29 is 9.53 Å². The van der Waals surface area contributed by atoms with Crippen molar-refractivity contribution in [2.45, 2.75) is 51.3 Å². The molecule has 15 heavy (non-hydrogen) atoms. The lowest BCUT2D eigenvalue weighted by Gasteiger charge is -2.29. The van der Waals surface area contributed by atoms with Crippen LogP contribution in [0.15, 0.2) is 0 Å². The van der Waals surface area contributed by atoms with Crippen molar-refractivity contribution in [1.29, 1.82) is 0 Å². The molecule has 0 radical (unpaired) electrons. The molecule has 86 valence electrons. The maximum absolute atomic E-state index is 11.9. The Morgan fingerprint density at radius 1 is 1.47 bits per heavy atom. The van der Waals surface area contributed by atoms with E-state index in [1.54, 1.807) is 0 Å². The smallest absolute Gasteiger partial charge is 0.410 e. The number of nitrogens with two attached hydrogens (primary N) is 1. The van der Waals surface area contributed by atoms with Crippen LogP contribution >= 0.6 is 0 Å². The summed E-state index contributed by atoms with van der Waals surface area (Å²) in [5.41, 5.74) is 5.25. The lowest BCUT2D eigenvalue weighted by molar-refractivity contribution is 0.0191. The van der Waals surface area contributed by atoms with Crippen LogP contribution < -0.4 is 5.73 Å². The lowest BCUT2D eigenvalue weighted by atomic mass is 10.2. The van der Waals surface area contributed by atoms with Crippen molar-refractivity contribution in [3.8, 4) is 0 Å². The van der Waals surface area contributed by atoms with Crippen LogP contribution in [0.4, 0.5) is 4.79 Å². The van der Waals surface area contributed by atoms with Gasteiger partial charge in [0.05, 0.1) is 0 Å². The van der Waals surface area contributed by atoms with Crippen LogP contribution in [-0.4, -0.2) is 35.2 Å². The number of likely N-dealkylation sites (tertiary alicyclic amines) is 1. The topological polar surface area (TPSA) is 55.6 Å². The molecule has 2 fully saturated rings. The Morgan fingerprint density at radius 2 is 2.13 bits per heavy atom. The Bertz CT molecular complexity index is 272. The zero-order valence-electron chi connectivity index (χ0n) is 9.69. The van der Waals surface area contributed by atoms with Crippen molar-refractivity contribution in [2.24, 2.45) is 11.7 Å². The minimum Gasteiger partial charge on any atom is -0.444 e. The number of hydrogen-bond acceptors (Lipinski definition) is 3. The largest absolute Gasteiger partial charge is 0.444 e. The van der Waals surface area contributed by atoms with Gasteiger partial charge in [-0.25, -0.2) is 4.79 Å². The highest BCUT2D eigenvalue weighted by Crippen LogP contribution is 2.47. The first-order valence-corrected chi connectivity index (χ1v) is 5.64. The predicted octanol–water partition coefficient (Wildman–Crippen LogP) is 1.34. The molecule has 0 bridgehead atoms. The molecule has 2 N–H and O–H groups in total. The highest BCUT2D eigenvalue weighted by atomic mass is 16.6. The number of carbonyl (C=O) groups is 1. The summed E-state index contributed by atoms with van der Waals surface area (Å²) in [5.74, 6) is 0.686. The van der Waals surface area contributed by atoms with Gasteiger partial charge in [-0.3, -0.25) is 0 Å². The molecule has 2 aliphatic rings. The van der Waals surface area contributed by atoms with Crippen molar-refractivity contribution in [3.05, 3.63) is 0 Å². The molecule has 0 aromatic heterocycles. The van der Waals surface area contributed by atoms with Crippen LogP contribution in [0.25, 0.3) is 0 Å². The van der Waals surface area contributed by atoms with Gasteiger partial charge in [-0.2, -0.15) is 0 Å². The molecule has 1 aliphatic heterocycles. The van der Waals surface area contributed by atoms with Crippen LogP contribution in [0.5, 0.6) is 0 Å². The normalized spacial score (nSPS) is 33.9. The van der Waals surface area contributed by atoms with E-state index in [-0.39, 0.29) is 12.1 Å². The fourth-order valence-electron chi connectivity index (χ4n) is 2.37. The third-order valence-electron chi connectivity index (χ3n) is 3.09. The number of hydrogen-bond donors (Lipinski definition) is 1. The van der Waals surface area contributed by atoms with Crippen molar-refractivity contribution in [1.82, 2.24) is 4.90 Å². The fraction of sp³-hybridized carbons (Fsp3) is 0.909. The zero-order chi connectivity index (χ0) is 11.2. The first-order chi connectivity index (χ1) is 6.92. The molecule has 0 unspecified atom stereocenters. The van der Waals surface area contributed by atoms with E-state index in [1.165, 1.54) is 0 Å². The summed E-state index contributed by atoms with van der Waals surface area (Å²) < 4.78 is 5.38. The van der Waals surface area contributed by atoms with Gasteiger partial charge in [0, 0.05) is 18.6 Å². The summed E-state index contributed by atoms with van der Waals surface area (Å²) in [7, 11) is 0. The number of ether oxygens (including phenoxy) is 1. The number of fused-ring (bicyclic) bond motifs is 1. The quantitative estimate of drug-likeness (QED) is 0.713. The average Bonchev–Trinajstić information content (AvgIpc) is 2.73. The van der Waals surface area contributed by atoms with E-state index < -0.39 is 5.60 Å². The van der Waals surface area contributed by atoms with E-state index in [0.29, 0.717) is 18.5 Å². The SMILES string of the molecule is CC(C)(C)OC(=O)N1[C@@H](CN)C[C@@H]2C[C@H]21. The van der Waals surface area contributed by atoms with Gasteiger partial charge in [-0.15, -0.1) is 0 Å². The van der Waals surface area contributed by atoms with Gasteiger partial charge in [-0.05, 0) is 39.5 Å². The second-order valence-electron chi connectivity index (χ2n) is 5.58. The highest BCUT2D eigenvalue weighted by molar-refractivity contribution is 5.70. The summed E-state index contributed by atoms with van der Waals surface area (Å²) in [6.07, 6.45) is 2.00. The van der Waals surface area contributed by atoms with Gasteiger partial charge in [0.25, 0.3) is 0 Å². The Balaban J connectivity index is 1.99. The van der Waals surface area contributed by atoms with Gasteiger partial charge in [-0.1, -0.05) is 0 Å². The molecule has 1 saturated heterocycles. The predicted molar refractivity (Wildman–Crippen MR) is 57.4 cm³/mol. The van der Waals surface area contributed by atoms with Crippen LogP contribution in [0.2, 0.25) is 0 Å². The van der Waals surface area contributed by atoms with E-state index >= 15 is 0 Å². The van der Waals surface area contributed by atoms with Crippen molar-refractivity contribution in [3.63, 3.8) is 0 Å². The van der Waals surface area contributed by atoms with Crippen LogP contribution in [0, 0.1) is 5.92 Å². The summed E-state index contributed by atoms with van der Waals surface area (Å²) >= 11 is 0. The molecule has 0 aromatic carbocycles. The minimum absolute atomic E-state index is 0.192. The molecule has 1 amide bonds. The van der Waals surface area contributed by atoms with E-state index in [2.05, 4.69) is 0 Å². The molecule has 2 rings (SSSR count). The van der Waals surface area contributed by atoms with E-state index in [1.807, 2.05) is 25.7 Å². The van der Waals surface area contributed by atoms with E-state index in [4.69, 9.17) is 10.5 Å². The molecule has 0 spiro atoms. The summed E-state index contributed by atoms with van der Waals surface area (Å²) in [4.78, 5) is 13.8. The summed E-state index contributed by atoms with van der Waals surface area (Å²) in [6, 6.07) is 0.608. The molecule has 3 atom stereocenters. The monoisotopic (exact) mass is 212 g/mol. The number of rotatable bonds is 1. The van der Waals surface area contributed by atoms with Crippen molar-refractivity contribution in [2.75, 3.05) is 6.54 Å². The fourth-order valence-corrected chi connectivity index (χ4v) is 2.37. The number of nitrogens with zero attached hydrogens (tertiary/aromatic N) is 1. The first kappa shape index (κ1) is 10.7. The Labute approximate surface area is 90.8 Å². The maximum atomic E-state index is 11.9. The zero-order valence-corrected chi connectivity index (χ0v) is 9.69. The molecule has 1 saturated carbocycles.